The van der Waals surface area contributed by atoms with Crippen molar-refractivity contribution in [2.45, 2.75) is 33.8 Å². The molecular weight excluding hydrogens is 343 g/mol. The van der Waals surface area contributed by atoms with E-state index in [1.54, 1.807) is 29.3 Å². The Morgan fingerprint density at radius 3 is 2.80 bits per heavy atom. The van der Waals surface area contributed by atoms with E-state index in [2.05, 4.69) is 4.98 Å². The Balaban J connectivity index is 1.89. The highest BCUT2D eigenvalue weighted by atomic mass is 32.1. The first-order chi connectivity index (χ1) is 11.9. The largest absolute Gasteiger partial charge is 0.459 e. The molecule has 2 rings (SSSR count). The number of esters is 1. The summed E-state index contributed by atoms with van der Waals surface area (Å²) in [4.78, 5) is 29.5. The number of carbonyl (C=O) groups excluding carboxylic acids is 2. The normalized spacial score (nSPS) is 11.8. The number of hydrogen-bond donors (Lipinski definition) is 0. The molecule has 2 aromatic rings. The van der Waals surface area contributed by atoms with Crippen molar-refractivity contribution in [2.75, 3.05) is 11.4 Å². The Hall–Kier alpha value is -2.28. The zero-order valence-electron chi connectivity index (χ0n) is 14.5. The van der Waals surface area contributed by atoms with Crippen LogP contribution in [-0.2, 0) is 27.4 Å². The van der Waals surface area contributed by atoms with Gasteiger partial charge in [-0.2, -0.15) is 0 Å². The minimum atomic E-state index is -0.385. The van der Waals surface area contributed by atoms with Crippen LogP contribution in [0.5, 0.6) is 0 Å². The molecule has 1 aromatic carbocycles. The minimum Gasteiger partial charge on any atom is -0.459 e. The van der Waals surface area contributed by atoms with Crippen molar-refractivity contribution in [3.05, 3.63) is 46.7 Å². The minimum absolute atomic E-state index is 0.0539. The molecule has 0 aliphatic carbocycles. The molecule has 0 saturated carbocycles. The van der Waals surface area contributed by atoms with Gasteiger partial charge in [0.2, 0.25) is 5.91 Å². The Morgan fingerprint density at radius 1 is 1.40 bits per heavy atom. The van der Waals surface area contributed by atoms with Gasteiger partial charge in [0.25, 0.3) is 0 Å². The van der Waals surface area contributed by atoms with E-state index in [-0.39, 0.29) is 30.2 Å². The van der Waals surface area contributed by atoms with Crippen LogP contribution in [0.3, 0.4) is 0 Å². The molecule has 0 fully saturated rings. The highest BCUT2D eigenvalue weighted by Crippen LogP contribution is 2.21. The summed E-state index contributed by atoms with van der Waals surface area (Å²) < 4.78 is 18.5. The maximum Gasteiger partial charge on any atom is 0.309 e. The van der Waals surface area contributed by atoms with Crippen molar-refractivity contribution in [3.8, 4) is 0 Å². The van der Waals surface area contributed by atoms with Gasteiger partial charge in [0.1, 0.15) is 12.4 Å². The molecule has 0 aliphatic rings. The highest BCUT2D eigenvalue weighted by molar-refractivity contribution is 7.14. The first-order valence-corrected chi connectivity index (χ1v) is 8.92. The average molecular weight is 364 g/mol. The molecule has 1 amide bonds. The average Bonchev–Trinajstić information content (AvgIpc) is 3.01. The maximum atomic E-state index is 13.2. The summed E-state index contributed by atoms with van der Waals surface area (Å²) in [6, 6.07) is 6.18. The van der Waals surface area contributed by atoms with Gasteiger partial charge in [0.05, 0.1) is 11.6 Å². The Labute approximate surface area is 150 Å². The summed E-state index contributed by atoms with van der Waals surface area (Å²) in [5, 5.41) is 2.36. The predicted octanol–water partition coefficient (Wildman–Crippen LogP) is 3.58. The Bertz CT molecular complexity index is 747. The molecule has 5 nitrogen and oxygen atoms in total. The molecule has 1 atom stereocenters. The lowest BCUT2D eigenvalue weighted by Crippen LogP contribution is -2.27. The van der Waals surface area contributed by atoms with Crippen molar-refractivity contribution in [1.29, 1.82) is 0 Å². The fraction of sp³-hybridized carbons (Fsp3) is 0.389. The van der Waals surface area contributed by atoms with Crippen LogP contribution in [0.25, 0.3) is 0 Å². The lowest BCUT2D eigenvalue weighted by Gasteiger charge is -2.14. The summed E-state index contributed by atoms with van der Waals surface area (Å²) in [6.07, 6.45) is 0.410. The number of carbonyl (C=O) groups is 2. The summed E-state index contributed by atoms with van der Waals surface area (Å²) in [6.45, 7) is 5.69. The van der Waals surface area contributed by atoms with E-state index in [0.717, 1.165) is 5.56 Å². The Morgan fingerprint density at radius 2 is 2.16 bits per heavy atom. The summed E-state index contributed by atoms with van der Waals surface area (Å²) in [5.41, 5.74) is 1.35. The Kier molecular flexibility index (Phi) is 6.64. The van der Waals surface area contributed by atoms with E-state index in [1.807, 2.05) is 6.92 Å². The third-order valence-electron chi connectivity index (χ3n) is 3.66. The van der Waals surface area contributed by atoms with Crippen molar-refractivity contribution < 1.29 is 18.7 Å². The van der Waals surface area contributed by atoms with Gasteiger partial charge < -0.3 is 4.74 Å². The number of aromatic nitrogens is 1. The van der Waals surface area contributed by atoms with Crippen molar-refractivity contribution in [2.24, 2.45) is 5.92 Å². The van der Waals surface area contributed by atoms with Crippen molar-refractivity contribution in [3.63, 3.8) is 0 Å². The topological polar surface area (TPSA) is 59.5 Å². The molecule has 25 heavy (non-hydrogen) atoms. The first kappa shape index (κ1) is 19.1. The molecular formula is C18H21FN2O3S. The van der Waals surface area contributed by atoms with Crippen LogP contribution in [-0.4, -0.2) is 23.4 Å². The van der Waals surface area contributed by atoms with Crippen LogP contribution < -0.4 is 4.90 Å². The van der Waals surface area contributed by atoms with Gasteiger partial charge in [-0.25, -0.2) is 9.37 Å². The summed E-state index contributed by atoms with van der Waals surface area (Å²) in [5.74, 6) is -1.15. The quantitative estimate of drug-likeness (QED) is 0.705. The second-order valence-electron chi connectivity index (χ2n) is 5.73. The first-order valence-electron chi connectivity index (χ1n) is 8.04. The van der Waals surface area contributed by atoms with Gasteiger partial charge in [-0.15, -0.1) is 11.3 Å². The van der Waals surface area contributed by atoms with E-state index in [0.29, 0.717) is 23.8 Å². The van der Waals surface area contributed by atoms with Gasteiger partial charge in [-0.3, -0.25) is 14.5 Å². The zero-order valence-corrected chi connectivity index (χ0v) is 15.3. The van der Waals surface area contributed by atoms with Crippen molar-refractivity contribution in [1.82, 2.24) is 4.98 Å². The maximum absolute atomic E-state index is 13.2. The highest BCUT2D eigenvalue weighted by Gasteiger charge is 2.17. The standard InChI is InChI=1S/C18H21FN2O3S/c1-4-21(13(3)22)18-20-16(11-25-18)10-24-17(23)12(2)8-14-6-5-7-15(19)9-14/h5-7,9,11-12H,4,8,10H2,1-3H3. The van der Waals surface area contributed by atoms with Gasteiger partial charge >= 0.3 is 5.97 Å². The number of nitrogens with zero attached hydrogens (tertiary/aromatic N) is 2. The van der Waals surface area contributed by atoms with Gasteiger partial charge in [-0.05, 0) is 31.0 Å². The molecule has 0 spiro atoms. The molecule has 0 radical (unpaired) electrons. The number of amides is 1. The number of anilines is 1. The van der Waals surface area contributed by atoms with Crippen molar-refractivity contribution >= 4 is 28.3 Å². The summed E-state index contributed by atoms with van der Waals surface area (Å²) in [7, 11) is 0. The van der Waals surface area contributed by atoms with E-state index in [4.69, 9.17) is 4.74 Å². The fourth-order valence-corrected chi connectivity index (χ4v) is 3.28. The van der Waals surface area contributed by atoms with E-state index in [1.165, 1.54) is 30.4 Å². The third-order valence-corrected chi connectivity index (χ3v) is 4.57. The van der Waals surface area contributed by atoms with Crippen LogP contribution >= 0.6 is 11.3 Å². The van der Waals surface area contributed by atoms with Gasteiger partial charge in [0, 0.05) is 18.8 Å². The van der Waals surface area contributed by atoms with E-state index >= 15 is 0 Å². The van der Waals surface area contributed by atoms with E-state index < -0.39 is 0 Å². The number of hydrogen-bond acceptors (Lipinski definition) is 5. The van der Waals surface area contributed by atoms with Crippen LogP contribution in [0, 0.1) is 11.7 Å². The lowest BCUT2D eigenvalue weighted by molar-refractivity contribution is -0.149. The molecule has 1 heterocycles. The van der Waals surface area contributed by atoms with Crippen LogP contribution in [0.4, 0.5) is 9.52 Å². The second-order valence-corrected chi connectivity index (χ2v) is 6.56. The molecule has 7 heteroatoms. The van der Waals surface area contributed by atoms with Crippen LogP contribution in [0.15, 0.2) is 29.6 Å². The molecule has 0 aliphatic heterocycles. The number of rotatable bonds is 7. The zero-order chi connectivity index (χ0) is 18.4. The molecule has 134 valence electrons. The molecule has 1 unspecified atom stereocenters. The smallest absolute Gasteiger partial charge is 0.309 e. The molecule has 0 N–H and O–H groups in total. The van der Waals surface area contributed by atoms with Gasteiger partial charge in [0.15, 0.2) is 5.13 Å². The predicted molar refractivity (Wildman–Crippen MR) is 94.9 cm³/mol. The fourth-order valence-electron chi connectivity index (χ4n) is 2.37. The molecule has 1 aromatic heterocycles. The number of halogens is 1. The number of ether oxygens (including phenoxy) is 1. The summed E-state index contributed by atoms with van der Waals surface area (Å²) >= 11 is 1.34. The lowest BCUT2D eigenvalue weighted by atomic mass is 10.0. The number of thiazole rings is 1. The van der Waals surface area contributed by atoms with E-state index in [9.17, 15) is 14.0 Å². The SMILES string of the molecule is CCN(C(C)=O)c1nc(COC(=O)C(C)Cc2cccc(F)c2)cs1. The van der Waals surface area contributed by atoms with Crippen LogP contribution in [0.1, 0.15) is 32.0 Å². The second kappa shape index (κ2) is 8.71. The van der Waals surface area contributed by atoms with Crippen LogP contribution in [0.2, 0.25) is 0 Å². The third kappa shape index (κ3) is 5.35. The van der Waals surface area contributed by atoms with Gasteiger partial charge in [-0.1, -0.05) is 19.1 Å². The monoisotopic (exact) mass is 364 g/mol. The molecule has 0 saturated heterocycles. The number of benzene rings is 1. The molecule has 0 bridgehead atoms.